The maximum absolute atomic E-state index is 11.6. The van der Waals surface area contributed by atoms with Gasteiger partial charge in [0, 0.05) is 7.11 Å². The van der Waals surface area contributed by atoms with Gasteiger partial charge in [0.05, 0.1) is 18.3 Å². The van der Waals surface area contributed by atoms with Gasteiger partial charge in [-0.1, -0.05) is 61.0 Å². The lowest BCUT2D eigenvalue weighted by Crippen LogP contribution is -2.53. The van der Waals surface area contributed by atoms with Gasteiger partial charge in [0.15, 0.2) is 0 Å². The van der Waals surface area contributed by atoms with Crippen LogP contribution in [0.1, 0.15) is 92.9 Å². The summed E-state index contributed by atoms with van der Waals surface area (Å²) >= 11 is 0. The van der Waals surface area contributed by atoms with E-state index in [0.29, 0.717) is 24.2 Å². The lowest BCUT2D eigenvalue weighted by atomic mass is 9.47. The lowest BCUT2D eigenvalue weighted by Gasteiger charge is -2.58. The van der Waals surface area contributed by atoms with Crippen LogP contribution in [0.3, 0.4) is 0 Å². The van der Waals surface area contributed by atoms with Crippen LogP contribution in [0.15, 0.2) is 23.3 Å². The zero-order valence-corrected chi connectivity index (χ0v) is 22.4. The molecule has 0 aliphatic heterocycles. The molecule has 0 aromatic heterocycles. The molecular weight excluding hydrogens is 408 g/mol. The predicted octanol–water partition coefficient (Wildman–Crippen LogP) is 6.54. The fraction of sp³-hybridized carbons (Fsp3) is 0.867. The Morgan fingerprint density at radius 2 is 1.67 bits per heavy atom. The summed E-state index contributed by atoms with van der Waals surface area (Å²) in [6, 6.07) is 0. The van der Waals surface area contributed by atoms with Crippen molar-refractivity contribution >= 4 is 0 Å². The number of aliphatic hydroxyl groups excluding tert-OH is 2. The van der Waals surface area contributed by atoms with Crippen LogP contribution < -0.4 is 0 Å². The smallest absolute Gasteiger partial charge is 0.0793 e. The molecule has 2 N–H and O–H groups in total. The summed E-state index contributed by atoms with van der Waals surface area (Å²) in [5.41, 5.74) is 3.96. The van der Waals surface area contributed by atoms with Gasteiger partial charge in [-0.15, -0.1) is 0 Å². The summed E-state index contributed by atoms with van der Waals surface area (Å²) in [4.78, 5) is 0. The third-order valence-corrected chi connectivity index (χ3v) is 11.3. The van der Waals surface area contributed by atoms with Crippen molar-refractivity contribution in [2.75, 3.05) is 7.11 Å². The van der Waals surface area contributed by atoms with Crippen molar-refractivity contribution in [3.05, 3.63) is 23.3 Å². The summed E-state index contributed by atoms with van der Waals surface area (Å²) < 4.78 is 6.17. The van der Waals surface area contributed by atoms with E-state index >= 15 is 0 Å². The van der Waals surface area contributed by atoms with Gasteiger partial charge in [-0.3, -0.25) is 0 Å². The van der Waals surface area contributed by atoms with Crippen molar-refractivity contribution in [2.24, 2.45) is 46.3 Å². The molecule has 0 spiro atoms. The monoisotopic (exact) mass is 458 g/mol. The molecule has 3 saturated carbocycles. The van der Waals surface area contributed by atoms with Gasteiger partial charge < -0.3 is 14.9 Å². The second-order valence-corrected chi connectivity index (χ2v) is 13.2. The summed E-state index contributed by atoms with van der Waals surface area (Å²) in [5, 5.41) is 22.1. The Labute approximate surface area is 203 Å². The van der Waals surface area contributed by atoms with E-state index in [2.05, 4.69) is 48.1 Å². The maximum atomic E-state index is 11.6. The Hall–Kier alpha value is -0.640. The van der Waals surface area contributed by atoms with Gasteiger partial charge in [0.25, 0.3) is 0 Å². The first kappa shape index (κ1) is 25.5. The highest BCUT2D eigenvalue weighted by Crippen LogP contribution is 2.66. The van der Waals surface area contributed by atoms with Gasteiger partial charge in [-0.05, 0) is 102 Å². The molecule has 0 aromatic rings. The Bertz CT molecular complexity index is 783. The topological polar surface area (TPSA) is 49.7 Å². The molecule has 4 rings (SSSR count). The molecule has 188 valence electrons. The molecule has 0 radical (unpaired) electrons. The van der Waals surface area contributed by atoms with Gasteiger partial charge in [0.1, 0.15) is 0 Å². The summed E-state index contributed by atoms with van der Waals surface area (Å²) in [6.07, 6.45) is 7.83. The first-order valence-electron chi connectivity index (χ1n) is 13.8. The number of hydrogen-bond acceptors (Lipinski definition) is 3. The molecule has 4 aliphatic rings. The summed E-state index contributed by atoms with van der Waals surface area (Å²) in [7, 11) is 1.87. The van der Waals surface area contributed by atoms with E-state index in [1.165, 1.54) is 30.4 Å². The molecule has 3 heteroatoms. The molecule has 33 heavy (non-hydrogen) atoms. The number of methoxy groups -OCH3 is 1. The Balaban J connectivity index is 1.68. The van der Waals surface area contributed by atoms with Crippen molar-refractivity contribution in [2.45, 2.75) is 111 Å². The molecule has 0 bridgehead atoms. The fourth-order valence-electron chi connectivity index (χ4n) is 8.68. The third-order valence-electron chi connectivity index (χ3n) is 11.3. The van der Waals surface area contributed by atoms with Crippen LogP contribution >= 0.6 is 0 Å². The van der Waals surface area contributed by atoms with E-state index in [4.69, 9.17) is 4.74 Å². The molecule has 0 amide bonds. The predicted molar refractivity (Wildman–Crippen MR) is 136 cm³/mol. The van der Waals surface area contributed by atoms with E-state index in [-0.39, 0.29) is 22.9 Å². The molecule has 0 aromatic carbocycles. The van der Waals surface area contributed by atoms with Gasteiger partial charge in [0.2, 0.25) is 0 Å². The van der Waals surface area contributed by atoms with Crippen molar-refractivity contribution in [1.82, 2.24) is 0 Å². The van der Waals surface area contributed by atoms with Crippen LogP contribution in [0.5, 0.6) is 0 Å². The van der Waals surface area contributed by atoms with E-state index in [9.17, 15) is 10.2 Å². The highest BCUT2D eigenvalue weighted by atomic mass is 16.5. The number of hydrogen-bond donors (Lipinski definition) is 2. The molecule has 0 saturated heterocycles. The summed E-state index contributed by atoms with van der Waals surface area (Å²) in [5.74, 6) is 3.38. The normalized spacial score (nSPS) is 45.0. The van der Waals surface area contributed by atoms with E-state index in [1.54, 1.807) is 0 Å². The standard InChI is InChI=1S/C30H50O3/c1-17(2)18(3)9-10-19(4)22-16-26(33-8)28-27-21(11-13-30(22,28)7)29(6)14-12-24(31)20(5)23(29)15-25(27)32/h17-19,21-26,31-32H,5,9-16H2,1-4,6-8H3. The zero-order valence-electron chi connectivity index (χ0n) is 22.4. The Morgan fingerprint density at radius 1 is 0.970 bits per heavy atom. The first-order valence-corrected chi connectivity index (χ1v) is 13.8. The van der Waals surface area contributed by atoms with Crippen LogP contribution in [0.2, 0.25) is 0 Å². The fourth-order valence-corrected chi connectivity index (χ4v) is 8.68. The van der Waals surface area contributed by atoms with Crippen molar-refractivity contribution in [3.8, 4) is 0 Å². The quantitative estimate of drug-likeness (QED) is 0.444. The highest BCUT2D eigenvalue weighted by molar-refractivity contribution is 5.41. The largest absolute Gasteiger partial charge is 0.389 e. The Morgan fingerprint density at radius 3 is 2.30 bits per heavy atom. The van der Waals surface area contributed by atoms with Crippen LogP contribution in [0.4, 0.5) is 0 Å². The molecule has 3 fully saturated rings. The summed E-state index contributed by atoms with van der Waals surface area (Å²) in [6.45, 7) is 18.7. The molecule has 10 atom stereocenters. The van der Waals surface area contributed by atoms with E-state index in [0.717, 1.165) is 43.1 Å². The van der Waals surface area contributed by atoms with Crippen molar-refractivity contribution in [1.29, 1.82) is 0 Å². The van der Waals surface area contributed by atoms with Crippen LogP contribution in [0, 0.1) is 46.3 Å². The van der Waals surface area contributed by atoms with Gasteiger partial charge >= 0.3 is 0 Å². The van der Waals surface area contributed by atoms with E-state index in [1.807, 2.05) is 7.11 Å². The molecule has 0 heterocycles. The second-order valence-electron chi connectivity index (χ2n) is 13.2. The van der Waals surface area contributed by atoms with E-state index < -0.39 is 12.2 Å². The minimum absolute atomic E-state index is 0.0912. The minimum Gasteiger partial charge on any atom is -0.389 e. The average Bonchev–Trinajstić information content (AvgIpc) is 3.08. The number of aliphatic hydroxyl groups is 2. The molecule has 10 unspecified atom stereocenters. The zero-order chi connectivity index (χ0) is 24.3. The van der Waals surface area contributed by atoms with Gasteiger partial charge in [-0.2, -0.15) is 0 Å². The maximum Gasteiger partial charge on any atom is 0.0793 e. The Kier molecular flexibility index (Phi) is 7.02. The number of rotatable bonds is 6. The van der Waals surface area contributed by atoms with Crippen LogP contribution in [-0.2, 0) is 4.74 Å². The average molecular weight is 459 g/mol. The van der Waals surface area contributed by atoms with Crippen molar-refractivity contribution in [3.63, 3.8) is 0 Å². The second kappa shape index (κ2) is 9.10. The number of fused-ring (bicyclic) bond motifs is 4. The van der Waals surface area contributed by atoms with Crippen LogP contribution in [0.25, 0.3) is 0 Å². The highest BCUT2D eigenvalue weighted by Gasteiger charge is 2.60. The minimum atomic E-state index is -0.433. The van der Waals surface area contributed by atoms with Crippen molar-refractivity contribution < 1.29 is 14.9 Å². The van der Waals surface area contributed by atoms with Gasteiger partial charge in [-0.25, -0.2) is 0 Å². The molecule has 4 aliphatic carbocycles. The third kappa shape index (κ3) is 3.99. The van der Waals surface area contributed by atoms with Crippen LogP contribution in [-0.4, -0.2) is 35.6 Å². The number of ether oxygens (including phenoxy) is 1. The first-order chi connectivity index (χ1) is 15.5. The lowest BCUT2D eigenvalue weighted by molar-refractivity contribution is -0.0340. The molecular formula is C30H50O3. The molecule has 3 nitrogen and oxygen atoms in total. The SMILES string of the molecule is C=C1C(O)CCC2(C)C1CC(O)C1=C3C(OC)CC(C(C)CCC(C)C(C)C)C3(C)CCC12.